The maximum atomic E-state index is 12.2. The third-order valence-corrected chi connectivity index (χ3v) is 2.00. The van der Waals surface area contributed by atoms with Crippen LogP contribution < -0.4 is 9.47 Å². The Kier molecular flexibility index (Phi) is 4.80. The molecule has 4 nitrogen and oxygen atoms in total. The molecule has 104 valence electrons. The predicted molar refractivity (Wildman–Crippen MR) is 60.4 cm³/mol. The third-order valence-electron chi connectivity index (χ3n) is 2.00. The minimum atomic E-state index is -4.92. The molecule has 0 aliphatic rings. The van der Waals surface area contributed by atoms with E-state index in [4.69, 9.17) is 9.84 Å². The van der Waals surface area contributed by atoms with Crippen molar-refractivity contribution in [2.45, 2.75) is 12.8 Å². The number of ether oxygens (including phenoxy) is 2. The lowest BCUT2D eigenvalue weighted by molar-refractivity contribution is -0.275. The van der Waals surface area contributed by atoms with Crippen molar-refractivity contribution in [1.29, 1.82) is 0 Å². The molecule has 1 aromatic rings. The summed E-state index contributed by atoms with van der Waals surface area (Å²) in [5.74, 6) is -2.22. The van der Waals surface area contributed by atoms with Crippen molar-refractivity contribution in [2.75, 3.05) is 6.61 Å². The Morgan fingerprint density at radius 2 is 2.05 bits per heavy atom. The van der Waals surface area contributed by atoms with Gasteiger partial charge in [-0.2, -0.15) is 0 Å². The highest BCUT2D eigenvalue weighted by atomic mass is 19.4. The smallest absolute Gasteiger partial charge is 0.489 e. The Balaban J connectivity index is 3.00. The first-order valence-electron chi connectivity index (χ1n) is 5.20. The Hall–Kier alpha value is -2.18. The van der Waals surface area contributed by atoms with Crippen LogP contribution in [0, 0.1) is 0 Å². The SMILES string of the molecule is C=CCCOc1ccc(C(=O)O)cc1OC(F)(F)F. The topological polar surface area (TPSA) is 55.8 Å². The molecule has 0 fully saturated rings. The number of carboxylic acid groups (broad SMARTS) is 1. The molecule has 0 radical (unpaired) electrons. The summed E-state index contributed by atoms with van der Waals surface area (Å²) in [5, 5.41) is 8.72. The lowest BCUT2D eigenvalue weighted by atomic mass is 10.2. The summed E-state index contributed by atoms with van der Waals surface area (Å²) in [5.41, 5.74) is -0.324. The van der Waals surface area contributed by atoms with Crippen LogP contribution in [0.3, 0.4) is 0 Å². The van der Waals surface area contributed by atoms with Gasteiger partial charge in [0.25, 0.3) is 0 Å². The zero-order valence-corrected chi connectivity index (χ0v) is 9.74. The zero-order valence-electron chi connectivity index (χ0n) is 9.74. The Bertz CT molecular complexity index is 469. The first-order valence-corrected chi connectivity index (χ1v) is 5.20. The number of benzene rings is 1. The number of alkyl halides is 3. The predicted octanol–water partition coefficient (Wildman–Crippen LogP) is 3.24. The van der Waals surface area contributed by atoms with Gasteiger partial charge in [0.05, 0.1) is 12.2 Å². The highest BCUT2D eigenvalue weighted by Crippen LogP contribution is 2.33. The number of hydrogen-bond acceptors (Lipinski definition) is 3. The van der Waals surface area contributed by atoms with Crippen LogP contribution >= 0.6 is 0 Å². The lowest BCUT2D eigenvalue weighted by Crippen LogP contribution is -2.18. The number of halogens is 3. The van der Waals surface area contributed by atoms with E-state index in [-0.39, 0.29) is 17.9 Å². The number of aromatic carboxylic acids is 1. The van der Waals surface area contributed by atoms with Crippen molar-refractivity contribution < 1.29 is 32.5 Å². The fourth-order valence-electron chi connectivity index (χ4n) is 1.22. The molecule has 0 aliphatic carbocycles. The maximum Gasteiger partial charge on any atom is 0.573 e. The summed E-state index contributed by atoms with van der Waals surface area (Å²) in [7, 11) is 0. The van der Waals surface area contributed by atoms with Crippen molar-refractivity contribution in [3.63, 3.8) is 0 Å². The van der Waals surface area contributed by atoms with Crippen LogP contribution in [0.15, 0.2) is 30.9 Å². The standard InChI is InChI=1S/C12H11F3O4/c1-2-3-6-18-9-5-4-8(11(16)17)7-10(9)19-12(13,14)15/h2,4-5,7H,1,3,6H2,(H,16,17). The molecule has 7 heteroatoms. The number of carboxylic acids is 1. The Morgan fingerprint density at radius 3 is 2.58 bits per heavy atom. The van der Waals surface area contributed by atoms with Gasteiger partial charge in [0.2, 0.25) is 0 Å². The average molecular weight is 276 g/mol. The molecule has 1 aromatic carbocycles. The second kappa shape index (κ2) is 6.12. The van der Waals surface area contributed by atoms with Gasteiger partial charge in [0.15, 0.2) is 11.5 Å². The van der Waals surface area contributed by atoms with Gasteiger partial charge < -0.3 is 14.6 Å². The fourth-order valence-corrected chi connectivity index (χ4v) is 1.22. The second-order valence-electron chi connectivity index (χ2n) is 3.44. The van der Waals surface area contributed by atoms with Crippen molar-refractivity contribution in [2.24, 2.45) is 0 Å². The summed E-state index contributed by atoms with van der Waals surface area (Å²) in [6.07, 6.45) is -2.95. The van der Waals surface area contributed by atoms with E-state index in [9.17, 15) is 18.0 Å². The summed E-state index contributed by atoms with van der Waals surface area (Å²) < 4.78 is 45.4. The van der Waals surface area contributed by atoms with E-state index >= 15 is 0 Å². The van der Waals surface area contributed by atoms with Gasteiger partial charge in [-0.1, -0.05) is 6.08 Å². The highest BCUT2D eigenvalue weighted by Gasteiger charge is 2.32. The Labute approximate surface area is 107 Å². The number of carbonyl (C=O) groups is 1. The summed E-state index contributed by atoms with van der Waals surface area (Å²) in [6.45, 7) is 3.56. The van der Waals surface area contributed by atoms with Crippen LogP contribution in [0.2, 0.25) is 0 Å². The van der Waals surface area contributed by atoms with E-state index in [0.717, 1.165) is 18.2 Å². The van der Waals surface area contributed by atoms with Crippen molar-refractivity contribution in [3.05, 3.63) is 36.4 Å². The minimum absolute atomic E-state index is 0.115. The molecular weight excluding hydrogens is 265 g/mol. The molecule has 0 saturated carbocycles. The van der Waals surface area contributed by atoms with Crippen LogP contribution in [0.25, 0.3) is 0 Å². The van der Waals surface area contributed by atoms with Gasteiger partial charge in [-0.05, 0) is 24.6 Å². The third kappa shape index (κ3) is 4.90. The van der Waals surface area contributed by atoms with Crippen molar-refractivity contribution in [3.8, 4) is 11.5 Å². The number of rotatable bonds is 6. The molecule has 0 unspecified atom stereocenters. The molecule has 0 spiro atoms. The van der Waals surface area contributed by atoms with E-state index in [2.05, 4.69) is 11.3 Å². The first-order chi connectivity index (χ1) is 8.83. The monoisotopic (exact) mass is 276 g/mol. The van der Waals surface area contributed by atoms with Gasteiger partial charge in [-0.15, -0.1) is 19.8 Å². The average Bonchev–Trinajstić information content (AvgIpc) is 2.29. The van der Waals surface area contributed by atoms with Gasteiger partial charge in [0.1, 0.15) is 0 Å². The van der Waals surface area contributed by atoms with Crippen molar-refractivity contribution in [1.82, 2.24) is 0 Å². The van der Waals surface area contributed by atoms with Gasteiger partial charge in [-0.3, -0.25) is 0 Å². The van der Waals surface area contributed by atoms with Crippen LogP contribution in [0.1, 0.15) is 16.8 Å². The van der Waals surface area contributed by atoms with Gasteiger partial charge >= 0.3 is 12.3 Å². The molecule has 1 rings (SSSR count). The molecular formula is C12H11F3O4. The summed E-state index contributed by atoms with van der Waals surface area (Å²) >= 11 is 0. The molecule has 0 saturated heterocycles. The fraction of sp³-hybridized carbons (Fsp3) is 0.250. The maximum absolute atomic E-state index is 12.2. The lowest BCUT2D eigenvalue weighted by Gasteiger charge is -2.14. The van der Waals surface area contributed by atoms with Gasteiger partial charge in [0, 0.05) is 0 Å². The minimum Gasteiger partial charge on any atom is -0.489 e. The van der Waals surface area contributed by atoms with E-state index in [1.165, 1.54) is 6.08 Å². The molecule has 19 heavy (non-hydrogen) atoms. The van der Waals surface area contributed by atoms with Crippen LogP contribution in [-0.2, 0) is 0 Å². The quantitative estimate of drug-likeness (QED) is 0.640. The largest absolute Gasteiger partial charge is 0.573 e. The summed E-state index contributed by atoms with van der Waals surface area (Å²) in [4.78, 5) is 10.7. The van der Waals surface area contributed by atoms with E-state index in [0.29, 0.717) is 6.42 Å². The van der Waals surface area contributed by atoms with Crippen LogP contribution in [-0.4, -0.2) is 24.0 Å². The molecule has 0 aliphatic heterocycles. The normalized spacial score (nSPS) is 10.9. The molecule has 1 N–H and O–H groups in total. The second-order valence-corrected chi connectivity index (χ2v) is 3.44. The molecule has 0 bridgehead atoms. The van der Waals surface area contributed by atoms with Crippen molar-refractivity contribution >= 4 is 5.97 Å². The van der Waals surface area contributed by atoms with E-state index in [1.807, 2.05) is 0 Å². The summed E-state index contributed by atoms with van der Waals surface area (Å²) in [6, 6.07) is 3.02. The Morgan fingerprint density at radius 1 is 1.37 bits per heavy atom. The highest BCUT2D eigenvalue weighted by molar-refractivity contribution is 5.88. The van der Waals surface area contributed by atoms with Crippen LogP contribution in [0.5, 0.6) is 11.5 Å². The number of hydrogen-bond donors (Lipinski definition) is 1. The molecule has 0 atom stereocenters. The van der Waals surface area contributed by atoms with Gasteiger partial charge in [-0.25, -0.2) is 4.79 Å². The first kappa shape index (κ1) is 14.9. The molecule has 0 amide bonds. The van der Waals surface area contributed by atoms with Crippen LogP contribution in [0.4, 0.5) is 13.2 Å². The zero-order chi connectivity index (χ0) is 14.5. The molecule has 0 aromatic heterocycles. The molecule has 0 heterocycles. The van der Waals surface area contributed by atoms with E-state index in [1.54, 1.807) is 0 Å². The van der Waals surface area contributed by atoms with E-state index < -0.39 is 18.1 Å².